The van der Waals surface area contributed by atoms with Crippen LogP contribution in [0.5, 0.6) is 5.75 Å². The van der Waals surface area contributed by atoms with Crippen molar-refractivity contribution in [1.82, 2.24) is 9.38 Å². The molecule has 0 fully saturated rings. The fourth-order valence-electron chi connectivity index (χ4n) is 2.72. The van der Waals surface area contributed by atoms with Crippen molar-refractivity contribution >= 4 is 23.1 Å². The van der Waals surface area contributed by atoms with E-state index in [0.717, 1.165) is 16.8 Å². The number of nitrogens with zero attached hydrogens (tertiary/aromatic N) is 4. The van der Waals surface area contributed by atoms with Crippen LogP contribution in [0.4, 0.5) is 11.5 Å². The second-order valence-corrected chi connectivity index (χ2v) is 5.89. The molecule has 0 aliphatic heterocycles. The first-order valence-corrected chi connectivity index (χ1v) is 8.33. The number of benzene rings is 1. The summed E-state index contributed by atoms with van der Waals surface area (Å²) in [5.41, 5.74) is 3.49. The highest BCUT2D eigenvalue weighted by atomic mass is 16.5. The van der Waals surface area contributed by atoms with Crippen LogP contribution in [0.15, 0.2) is 46.8 Å². The summed E-state index contributed by atoms with van der Waals surface area (Å²) >= 11 is 0. The summed E-state index contributed by atoms with van der Waals surface area (Å²) in [6.07, 6.45) is 1.67. The van der Waals surface area contributed by atoms with E-state index in [0.29, 0.717) is 17.2 Å². The third kappa shape index (κ3) is 3.42. The molecule has 1 N–H and O–H groups in total. The van der Waals surface area contributed by atoms with Crippen LogP contribution in [0, 0.1) is 13.8 Å². The maximum absolute atomic E-state index is 11.9. The Balaban J connectivity index is 2.09. The van der Waals surface area contributed by atoms with Crippen LogP contribution in [0.1, 0.15) is 23.7 Å². The summed E-state index contributed by atoms with van der Waals surface area (Å²) in [7, 11) is 0. The van der Waals surface area contributed by atoms with Crippen LogP contribution < -0.4 is 0 Å². The van der Waals surface area contributed by atoms with Gasteiger partial charge in [-0.05, 0) is 44.0 Å². The van der Waals surface area contributed by atoms with E-state index in [4.69, 9.17) is 4.74 Å². The number of carbonyl (C=O) groups excluding carboxylic acids is 1. The first-order chi connectivity index (χ1) is 12.5. The van der Waals surface area contributed by atoms with Gasteiger partial charge >= 0.3 is 5.97 Å². The summed E-state index contributed by atoms with van der Waals surface area (Å²) in [6.45, 7) is 5.95. The second-order valence-electron chi connectivity index (χ2n) is 5.89. The summed E-state index contributed by atoms with van der Waals surface area (Å²) in [5, 5.41) is 18.8. The first kappa shape index (κ1) is 17.6. The Morgan fingerprint density at radius 3 is 2.62 bits per heavy atom. The van der Waals surface area contributed by atoms with Crippen molar-refractivity contribution in [3.8, 4) is 5.75 Å². The zero-order valence-electron chi connectivity index (χ0n) is 14.9. The molecule has 0 aliphatic rings. The lowest BCUT2D eigenvalue weighted by Gasteiger charge is -2.03. The SMILES string of the molecule is CCOC(=O)Cc1nc2c(O)cccn2c1N=Nc1c(C)cccc1C. The molecule has 3 aromatic rings. The van der Waals surface area contributed by atoms with Crippen LogP contribution in [0.2, 0.25) is 0 Å². The summed E-state index contributed by atoms with van der Waals surface area (Å²) in [4.78, 5) is 16.3. The van der Waals surface area contributed by atoms with E-state index < -0.39 is 5.97 Å². The number of azo groups is 1. The average Bonchev–Trinajstić information content (AvgIpc) is 2.93. The lowest BCUT2D eigenvalue weighted by atomic mass is 10.1. The Bertz CT molecular complexity index is 972. The number of hydrogen-bond acceptors (Lipinski definition) is 6. The van der Waals surface area contributed by atoms with E-state index in [-0.39, 0.29) is 18.8 Å². The number of aromatic hydroxyl groups is 1. The molecule has 26 heavy (non-hydrogen) atoms. The maximum atomic E-state index is 11.9. The fourth-order valence-corrected chi connectivity index (χ4v) is 2.72. The molecule has 0 atom stereocenters. The van der Waals surface area contributed by atoms with Crippen LogP contribution >= 0.6 is 0 Å². The van der Waals surface area contributed by atoms with Gasteiger partial charge in [0.15, 0.2) is 17.2 Å². The number of hydrogen-bond donors (Lipinski definition) is 1. The van der Waals surface area contributed by atoms with Crippen LogP contribution in [-0.2, 0) is 16.0 Å². The Hall–Kier alpha value is -3.22. The standard InChI is InChI=1S/C19H20N4O3/c1-4-26-16(25)11-14-18(23-10-6-9-15(24)19(23)20-14)22-21-17-12(2)7-5-8-13(17)3/h5-10,24H,4,11H2,1-3H3. The van der Waals surface area contributed by atoms with E-state index in [2.05, 4.69) is 15.2 Å². The van der Waals surface area contributed by atoms with Crippen molar-refractivity contribution in [2.24, 2.45) is 10.2 Å². The smallest absolute Gasteiger partial charge is 0.312 e. The average molecular weight is 352 g/mol. The van der Waals surface area contributed by atoms with Crippen molar-refractivity contribution < 1.29 is 14.6 Å². The van der Waals surface area contributed by atoms with Gasteiger partial charge in [-0.1, -0.05) is 18.2 Å². The molecule has 2 aromatic heterocycles. The van der Waals surface area contributed by atoms with Crippen molar-refractivity contribution in [2.75, 3.05) is 6.61 Å². The Morgan fingerprint density at radius 1 is 1.19 bits per heavy atom. The lowest BCUT2D eigenvalue weighted by molar-refractivity contribution is -0.142. The highest BCUT2D eigenvalue weighted by molar-refractivity contribution is 5.75. The van der Waals surface area contributed by atoms with Gasteiger partial charge in [0, 0.05) is 6.20 Å². The number of aromatic nitrogens is 2. The molecule has 7 nitrogen and oxygen atoms in total. The van der Waals surface area contributed by atoms with Crippen LogP contribution in [-0.4, -0.2) is 27.1 Å². The molecule has 134 valence electrons. The van der Waals surface area contributed by atoms with Gasteiger partial charge in [0.05, 0.1) is 24.4 Å². The van der Waals surface area contributed by atoms with Crippen LogP contribution in [0.25, 0.3) is 5.65 Å². The molecule has 0 spiro atoms. The van der Waals surface area contributed by atoms with Crippen molar-refractivity contribution in [1.29, 1.82) is 0 Å². The molecular weight excluding hydrogens is 332 g/mol. The number of carbonyl (C=O) groups is 1. The lowest BCUT2D eigenvalue weighted by Crippen LogP contribution is -2.07. The minimum absolute atomic E-state index is 0.00568. The van der Waals surface area contributed by atoms with Gasteiger partial charge in [-0.15, -0.1) is 10.2 Å². The summed E-state index contributed by atoms with van der Waals surface area (Å²) in [6, 6.07) is 9.09. The number of pyridine rings is 1. The number of esters is 1. The van der Waals surface area contributed by atoms with Gasteiger partial charge < -0.3 is 9.84 Å². The first-order valence-electron chi connectivity index (χ1n) is 8.33. The number of imidazole rings is 1. The number of ether oxygens (including phenoxy) is 1. The molecule has 0 radical (unpaired) electrons. The van der Waals surface area contributed by atoms with E-state index in [1.165, 1.54) is 6.07 Å². The normalized spacial score (nSPS) is 11.3. The Kier molecular flexibility index (Phi) is 4.97. The van der Waals surface area contributed by atoms with Gasteiger partial charge in [0.25, 0.3) is 0 Å². The molecule has 0 unspecified atom stereocenters. The molecule has 1 aromatic carbocycles. The van der Waals surface area contributed by atoms with Gasteiger partial charge in [-0.25, -0.2) is 4.98 Å². The fraction of sp³-hybridized carbons (Fsp3) is 0.263. The molecule has 0 bridgehead atoms. The quantitative estimate of drug-likeness (QED) is 0.551. The monoisotopic (exact) mass is 352 g/mol. The highest BCUT2D eigenvalue weighted by Crippen LogP contribution is 2.30. The highest BCUT2D eigenvalue weighted by Gasteiger charge is 2.18. The molecule has 3 rings (SSSR count). The van der Waals surface area contributed by atoms with Crippen molar-refractivity contribution in [3.05, 3.63) is 53.3 Å². The zero-order chi connectivity index (χ0) is 18.7. The Morgan fingerprint density at radius 2 is 1.92 bits per heavy atom. The van der Waals surface area contributed by atoms with E-state index in [9.17, 15) is 9.90 Å². The minimum Gasteiger partial charge on any atom is -0.504 e. The largest absolute Gasteiger partial charge is 0.504 e. The molecule has 2 heterocycles. The molecule has 0 saturated heterocycles. The maximum Gasteiger partial charge on any atom is 0.312 e. The number of fused-ring (bicyclic) bond motifs is 1. The summed E-state index contributed by atoms with van der Waals surface area (Å²) < 4.78 is 6.62. The van der Waals surface area contributed by atoms with Crippen LogP contribution in [0.3, 0.4) is 0 Å². The van der Waals surface area contributed by atoms with Gasteiger partial charge in [-0.3, -0.25) is 9.20 Å². The Labute approximate surface area is 151 Å². The molecule has 7 heteroatoms. The molecule has 0 saturated carbocycles. The van der Waals surface area contributed by atoms with Crippen molar-refractivity contribution in [3.63, 3.8) is 0 Å². The second kappa shape index (κ2) is 7.35. The third-order valence-electron chi connectivity index (χ3n) is 3.98. The predicted molar refractivity (Wildman–Crippen MR) is 97.3 cm³/mol. The molecule has 0 amide bonds. The van der Waals surface area contributed by atoms with E-state index in [1.54, 1.807) is 23.6 Å². The number of aryl methyl sites for hydroxylation is 2. The minimum atomic E-state index is -0.404. The molecular formula is C19H20N4O3. The predicted octanol–water partition coefficient (Wildman–Crippen LogP) is 4.18. The topological polar surface area (TPSA) is 88.5 Å². The van der Waals surface area contributed by atoms with Crippen molar-refractivity contribution in [2.45, 2.75) is 27.2 Å². The molecule has 0 aliphatic carbocycles. The van der Waals surface area contributed by atoms with E-state index >= 15 is 0 Å². The number of rotatable bonds is 5. The van der Waals surface area contributed by atoms with E-state index in [1.807, 2.05) is 32.0 Å². The summed E-state index contributed by atoms with van der Waals surface area (Å²) in [5.74, 6) is -0.00310. The van der Waals surface area contributed by atoms with Gasteiger partial charge in [0.2, 0.25) is 0 Å². The van der Waals surface area contributed by atoms with Gasteiger partial charge in [0.1, 0.15) is 0 Å². The third-order valence-corrected chi connectivity index (χ3v) is 3.98. The van der Waals surface area contributed by atoms with Gasteiger partial charge in [-0.2, -0.15) is 0 Å². The zero-order valence-corrected chi connectivity index (χ0v) is 14.9.